The van der Waals surface area contributed by atoms with Gasteiger partial charge in [0.05, 0.1) is 6.07 Å². The third-order valence-corrected chi connectivity index (χ3v) is 2.36. The van der Waals surface area contributed by atoms with Crippen molar-refractivity contribution in [3.05, 3.63) is 0 Å². The molecule has 0 aromatic rings. The fourth-order valence-corrected chi connectivity index (χ4v) is 1.67. The Morgan fingerprint density at radius 3 is 2.62 bits per heavy atom. The maximum absolute atomic E-state index is 11.2. The molecule has 1 rings (SSSR count). The standard InChI is InChI=1S/C9H15N3O/c1-2-11-8(13)12-9(7-10)5-3-4-6-9/h2-6H2,1H3,(H2,11,12,13). The van der Waals surface area contributed by atoms with E-state index in [2.05, 4.69) is 16.7 Å². The average molecular weight is 181 g/mol. The zero-order chi connectivity index (χ0) is 9.73. The summed E-state index contributed by atoms with van der Waals surface area (Å²) in [7, 11) is 0. The smallest absolute Gasteiger partial charge is 0.316 e. The second kappa shape index (κ2) is 4.13. The molecule has 0 unspecified atom stereocenters. The Morgan fingerprint density at radius 2 is 2.15 bits per heavy atom. The Balaban J connectivity index is 2.49. The Hall–Kier alpha value is -1.24. The van der Waals surface area contributed by atoms with E-state index in [4.69, 9.17) is 5.26 Å². The molecular weight excluding hydrogens is 166 g/mol. The molecule has 1 fully saturated rings. The molecule has 2 N–H and O–H groups in total. The first kappa shape index (κ1) is 9.85. The molecule has 0 heterocycles. The zero-order valence-electron chi connectivity index (χ0n) is 7.89. The number of hydrogen-bond donors (Lipinski definition) is 2. The van der Waals surface area contributed by atoms with Crippen molar-refractivity contribution in [3.8, 4) is 6.07 Å². The van der Waals surface area contributed by atoms with Crippen molar-refractivity contribution in [2.45, 2.75) is 38.1 Å². The van der Waals surface area contributed by atoms with Crippen molar-refractivity contribution in [2.75, 3.05) is 6.54 Å². The van der Waals surface area contributed by atoms with Crippen LogP contribution in [-0.4, -0.2) is 18.1 Å². The predicted octanol–water partition coefficient (Wildman–Crippen LogP) is 1.14. The fourth-order valence-electron chi connectivity index (χ4n) is 1.67. The van der Waals surface area contributed by atoms with Gasteiger partial charge in [0.25, 0.3) is 0 Å². The summed E-state index contributed by atoms with van der Waals surface area (Å²) < 4.78 is 0. The molecule has 0 aromatic carbocycles. The van der Waals surface area contributed by atoms with E-state index in [1.54, 1.807) is 0 Å². The minimum atomic E-state index is -0.598. The lowest BCUT2D eigenvalue weighted by molar-refractivity contribution is 0.233. The van der Waals surface area contributed by atoms with Crippen LogP contribution in [0.4, 0.5) is 4.79 Å². The molecule has 13 heavy (non-hydrogen) atoms. The summed E-state index contributed by atoms with van der Waals surface area (Å²) in [4.78, 5) is 11.2. The number of urea groups is 1. The van der Waals surface area contributed by atoms with E-state index in [1.807, 2.05) is 6.92 Å². The van der Waals surface area contributed by atoms with Crippen molar-refractivity contribution in [1.82, 2.24) is 10.6 Å². The molecule has 0 radical (unpaired) electrons. The van der Waals surface area contributed by atoms with Gasteiger partial charge in [-0.05, 0) is 32.6 Å². The molecule has 72 valence electrons. The number of nitrogens with zero attached hydrogens (tertiary/aromatic N) is 1. The topological polar surface area (TPSA) is 64.9 Å². The molecule has 4 nitrogen and oxygen atoms in total. The first-order valence-electron chi connectivity index (χ1n) is 4.70. The summed E-state index contributed by atoms with van der Waals surface area (Å²) in [6.07, 6.45) is 3.61. The molecule has 1 aliphatic carbocycles. The van der Waals surface area contributed by atoms with Gasteiger partial charge in [-0.1, -0.05) is 0 Å². The van der Waals surface area contributed by atoms with Crippen LogP contribution in [0.3, 0.4) is 0 Å². The van der Waals surface area contributed by atoms with Gasteiger partial charge in [-0.25, -0.2) is 4.79 Å². The third-order valence-electron chi connectivity index (χ3n) is 2.36. The van der Waals surface area contributed by atoms with Gasteiger partial charge in [-0.15, -0.1) is 0 Å². The highest BCUT2D eigenvalue weighted by molar-refractivity contribution is 5.75. The fraction of sp³-hybridized carbons (Fsp3) is 0.778. The largest absolute Gasteiger partial charge is 0.338 e. The SMILES string of the molecule is CCNC(=O)NC1(C#N)CCCC1. The van der Waals surface area contributed by atoms with Gasteiger partial charge in [0.1, 0.15) is 5.54 Å². The lowest BCUT2D eigenvalue weighted by Gasteiger charge is -2.21. The minimum absolute atomic E-state index is 0.231. The summed E-state index contributed by atoms with van der Waals surface area (Å²) in [5, 5.41) is 14.3. The molecule has 4 heteroatoms. The highest BCUT2D eigenvalue weighted by Gasteiger charge is 2.35. The van der Waals surface area contributed by atoms with Crippen LogP contribution < -0.4 is 10.6 Å². The molecular formula is C9H15N3O. The lowest BCUT2D eigenvalue weighted by Crippen LogP contribution is -2.49. The van der Waals surface area contributed by atoms with Crippen LogP contribution in [0.15, 0.2) is 0 Å². The molecule has 0 atom stereocenters. The second-order valence-electron chi connectivity index (χ2n) is 3.39. The van der Waals surface area contributed by atoms with Crippen LogP contribution in [0.1, 0.15) is 32.6 Å². The van der Waals surface area contributed by atoms with Crippen LogP contribution in [0.2, 0.25) is 0 Å². The minimum Gasteiger partial charge on any atom is -0.338 e. The van der Waals surface area contributed by atoms with E-state index < -0.39 is 5.54 Å². The summed E-state index contributed by atoms with van der Waals surface area (Å²) in [5.74, 6) is 0. The van der Waals surface area contributed by atoms with Gasteiger partial charge in [0.15, 0.2) is 0 Å². The number of carbonyl (C=O) groups excluding carboxylic acids is 1. The van der Waals surface area contributed by atoms with Crippen LogP contribution in [0, 0.1) is 11.3 Å². The predicted molar refractivity (Wildman–Crippen MR) is 49.0 cm³/mol. The Bertz CT molecular complexity index is 226. The first-order chi connectivity index (χ1) is 6.22. The number of nitrogens with one attached hydrogen (secondary N) is 2. The van der Waals surface area contributed by atoms with E-state index in [9.17, 15) is 4.79 Å². The number of amides is 2. The van der Waals surface area contributed by atoms with Crippen LogP contribution in [0.5, 0.6) is 0 Å². The highest BCUT2D eigenvalue weighted by Crippen LogP contribution is 2.28. The van der Waals surface area contributed by atoms with Crippen LogP contribution in [0.25, 0.3) is 0 Å². The summed E-state index contributed by atoms with van der Waals surface area (Å²) in [6.45, 7) is 2.45. The molecule has 2 amide bonds. The second-order valence-corrected chi connectivity index (χ2v) is 3.39. The Labute approximate surface area is 78.3 Å². The van der Waals surface area contributed by atoms with E-state index in [0.717, 1.165) is 25.7 Å². The van der Waals surface area contributed by atoms with E-state index in [1.165, 1.54) is 0 Å². The van der Waals surface area contributed by atoms with Crippen molar-refractivity contribution in [2.24, 2.45) is 0 Å². The normalized spacial score (nSPS) is 19.1. The van der Waals surface area contributed by atoms with Gasteiger partial charge in [-0.3, -0.25) is 0 Å². The Kier molecular flexibility index (Phi) is 3.13. The average Bonchev–Trinajstić information content (AvgIpc) is 2.54. The van der Waals surface area contributed by atoms with Crippen LogP contribution >= 0.6 is 0 Å². The first-order valence-corrected chi connectivity index (χ1v) is 4.70. The molecule has 0 spiro atoms. The quantitative estimate of drug-likeness (QED) is 0.671. The van der Waals surface area contributed by atoms with Crippen molar-refractivity contribution in [3.63, 3.8) is 0 Å². The van der Waals surface area contributed by atoms with E-state index in [0.29, 0.717) is 6.54 Å². The summed E-state index contributed by atoms with van der Waals surface area (Å²) >= 11 is 0. The molecule has 0 aliphatic heterocycles. The van der Waals surface area contributed by atoms with Gasteiger partial charge in [0, 0.05) is 6.54 Å². The van der Waals surface area contributed by atoms with Crippen LogP contribution in [-0.2, 0) is 0 Å². The van der Waals surface area contributed by atoms with E-state index in [-0.39, 0.29) is 6.03 Å². The van der Waals surface area contributed by atoms with Crippen molar-refractivity contribution < 1.29 is 4.79 Å². The lowest BCUT2D eigenvalue weighted by atomic mass is 10.0. The molecule has 1 saturated carbocycles. The maximum Gasteiger partial charge on any atom is 0.316 e. The monoisotopic (exact) mass is 181 g/mol. The molecule has 0 aromatic heterocycles. The zero-order valence-corrected chi connectivity index (χ0v) is 7.89. The van der Waals surface area contributed by atoms with Gasteiger partial charge < -0.3 is 10.6 Å². The third kappa shape index (κ3) is 2.35. The van der Waals surface area contributed by atoms with Crippen molar-refractivity contribution in [1.29, 1.82) is 5.26 Å². The number of carbonyl (C=O) groups is 1. The van der Waals surface area contributed by atoms with Crippen molar-refractivity contribution >= 4 is 6.03 Å². The molecule has 0 saturated heterocycles. The summed E-state index contributed by atoms with van der Waals surface area (Å²) in [5.41, 5.74) is -0.598. The van der Waals surface area contributed by atoms with Gasteiger partial charge in [0.2, 0.25) is 0 Å². The van der Waals surface area contributed by atoms with Gasteiger partial charge in [-0.2, -0.15) is 5.26 Å². The molecule has 1 aliphatic rings. The number of hydrogen-bond acceptors (Lipinski definition) is 2. The summed E-state index contributed by atoms with van der Waals surface area (Å²) in [6, 6.07) is 1.96. The van der Waals surface area contributed by atoms with E-state index >= 15 is 0 Å². The highest BCUT2D eigenvalue weighted by atomic mass is 16.2. The number of rotatable bonds is 2. The van der Waals surface area contributed by atoms with Gasteiger partial charge >= 0.3 is 6.03 Å². The molecule has 0 bridgehead atoms. The maximum atomic E-state index is 11.2. The Morgan fingerprint density at radius 1 is 1.54 bits per heavy atom. The number of nitriles is 1.